The SMILES string of the molecule is CCC[C@H](C(=O)Nc1cc(Cl)ccc1C)c1ccccc1. The Balaban J connectivity index is 2.21. The van der Waals surface area contributed by atoms with Gasteiger partial charge in [0.15, 0.2) is 0 Å². The summed E-state index contributed by atoms with van der Waals surface area (Å²) in [5.41, 5.74) is 2.84. The third-order valence-corrected chi connectivity index (χ3v) is 3.79. The molecule has 0 aliphatic heterocycles. The molecule has 0 aliphatic rings. The molecule has 1 N–H and O–H groups in total. The predicted molar refractivity (Wildman–Crippen MR) is 88.9 cm³/mol. The Kier molecular flexibility index (Phi) is 5.40. The van der Waals surface area contributed by atoms with Crippen LogP contribution in [-0.2, 0) is 4.79 Å². The van der Waals surface area contributed by atoms with Crippen LogP contribution >= 0.6 is 11.6 Å². The van der Waals surface area contributed by atoms with E-state index in [-0.39, 0.29) is 11.8 Å². The molecule has 0 aliphatic carbocycles. The van der Waals surface area contributed by atoms with Gasteiger partial charge in [-0.1, -0.05) is 61.3 Å². The quantitative estimate of drug-likeness (QED) is 0.811. The van der Waals surface area contributed by atoms with Gasteiger partial charge in [-0.3, -0.25) is 4.79 Å². The van der Waals surface area contributed by atoms with Gasteiger partial charge in [-0.15, -0.1) is 0 Å². The van der Waals surface area contributed by atoms with Gasteiger partial charge in [-0.25, -0.2) is 0 Å². The summed E-state index contributed by atoms with van der Waals surface area (Å²) in [5, 5.41) is 3.64. The average molecular weight is 302 g/mol. The molecule has 0 saturated heterocycles. The Morgan fingerprint density at radius 3 is 2.57 bits per heavy atom. The molecule has 0 fully saturated rings. The van der Waals surface area contributed by atoms with Crippen molar-refractivity contribution in [3.05, 3.63) is 64.7 Å². The Labute approximate surface area is 131 Å². The van der Waals surface area contributed by atoms with E-state index in [0.29, 0.717) is 5.02 Å². The average Bonchev–Trinajstić information content (AvgIpc) is 2.49. The minimum atomic E-state index is -0.130. The highest BCUT2D eigenvalue weighted by molar-refractivity contribution is 6.31. The van der Waals surface area contributed by atoms with Crippen LogP contribution in [-0.4, -0.2) is 5.91 Å². The minimum Gasteiger partial charge on any atom is -0.325 e. The smallest absolute Gasteiger partial charge is 0.231 e. The van der Waals surface area contributed by atoms with Gasteiger partial charge in [0, 0.05) is 10.7 Å². The van der Waals surface area contributed by atoms with Crippen molar-refractivity contribution in [2.24, 2.45) is 0 Å². The number of aryl methyl sites for hydroxylation is 1. The fraction of sp³-hybridized carbons (Fsp3) is 0.278. The molecular weight excluding hydrogens is 282 g/mol. The third-order valence-electron chi connectivity index (χ3n) is 3.55. The summed E-state index contributed by atoms with van der Waals surface area (Å²) in [7, 11) is 0. The number of hydrogen-bond donors (Lipinski definition) is 1. The van der Waals surface area contributed by atoms with Crippen LogP contribution < -0.4 is 5.32 Å². The van der Waals surface area contributed by atoms with Gasteiger partial charge in [0.1, 0.15) is 0 Å². The summed E-state index contributed by atoms with van der Waals surface area (Å²) in [6.45, 7) is 4.05. The van der Waals surface area contributed by atoms with E-state index >= 15 is 0 Å². The van der Waals surface area contributed by atoms with Crippen LogP contribution in [0.1, 0.15) is 36.8 Å². The van der Waals surface area contributed by atoms with Crippen LogP contribution in [0.3, 0.4) is 0 Å². The van der Waals surface area contributed by atoms with E-state index in [1.807, 2.05) is 49.4 Å². The molecular formula is C18H20ClNO. The number of carbonyl (C=O) groups excluding carboxylic acids is 1. The number of rotatable bonds is 5. The first-order chi connectivity index (χ1) is 10.1. The van der Waals surface area contributed by atoms with E-state index < -0.39 is 0 Å². The molecule has 0 saturated carbocycles. The third kappa shape index (κ3) is 4.08. The number of hydrogen-bond acceptors (Lipinski definition) is 1. The molecule has 0 radical (unpaired) electrons. The molecule has 1 atom stereocenters. The van der Waals surface area contributed by atoms with Crippen LogP contribution in [0.2, 0.25) is 5.02 Å². The van der Waals surface area contributed by atoms with Crippen molar-refractivity contribution in [1.29, 1.82) is 0 Å². The first-order valence-corrected chi connectivity index (χ1v) is 7.61. The maximum absolute atomic E-state index is 12.6. The summed E-state index contributed by atoms with van der Waals surface area (Å²) in [6, 6.07) is 15.4. The highest BCUT2D eigenvalue weighted by atomic mass is 35.5. The van der Waals surface area contributed by atoms with Crippen molar-refractivity contribution in [3.8, 4) is 0 Å². The summed E-state index contributed by atoms with van der Waals surface area (Å²) < 4.78 is 0. The summed E-state index contributed by atoms with van der Waals surface area (Å²) in [6.07, 6.45) is 1.79. The number of anilines is 1. The zero-order valence-electron chi connectivity index (χ0n) is 12.4. The number of amides is 1. The van der Waals surface area contributed by atoms with E-state index in [1.165, 1.54) is 0 Å². The Hall–Kier alpha value is -1.80. The molecule has 1 amide bonds. The lowest BCUT2D eigenvalue weighted by Gasteiger charge is -2.17. The molecule has 0 spiro atoms. The predicted octanol–water partition coefficient (Wildman–Crippen LogP) is 5.17. The van der Waals surface area contributed by atoms with Crippen molar-refractivity contribution < 1.29 is 4.79 Å². The van der Waals surface area contributed by atoms with E-state index in [1.54, 1.807) is 6.07 Å². The Morgan fingerprint density at radius 1 is 1.19 bits per heavy atom. The first-order valence-electron chi connectivity index (χ1n) is 7.23. The first kappa shape index (κ1) is 15.6. The molecule has 2 aromatic carbocycles. The van der Waals surface area contributed by atoms with E-state index in [0.717, 1.165) is 29.7 Å². The highest BCUT2D eigenvalue weighted by Gasteiger charge is 2.20. The summed E-state index contributed by atoms with van der Waals surface area (Å²) >= 11 is 6.01. The van der Waals surface area contributed by atoms with Crippen molar-refractivity contribution in [1.82, 2.24) is 0 Å². The molecule has 2 nitrogen and oxygen atoms in total. The fourth-order valence-electron chi connectivity index (χ4n) is 2.37. The van der Waals surface area contributed by atoms with E-state index in [2.05, 4.69) is 12.2 Å². The molecule has 0 unspecified atom stereocenters. The lowest BCUT2D eigenvalue weighted by molar-refractivity contribution is -0.117. The van der Waals surface area contributed by atoms with Crippen LogP contribution in [0.25, 0.3) is 0 Å². The number of nitrogens with one attached hydrogen (secondary N) is 1. The number of benzene rings is 2. The van der Waals surface area contributed by atoms with Crippen molar-refractivity contribution >= 4 is 23.2 Å². The van der Waals surface area contributed by atoms with E-state index in [9.17, 15) is 4.79 Å². The Morgan fingerprint density at radius 2 is 1.90 bits per heavy atom. The fourth-order valence-corrected chi connectivity index (χ4v) is 2.54. The van der Waals surface area contributed by atoms with Crippen molar-refractivity contribution in [3.63, 3.8) is 0 Å². The van der Waals surface area contributed by atoms with Gasteiger partial charge in [0.2, 0.25) is 5.91 Å². The molecule has 2 rings (SSSR count). The number of carbonyl (C=O) groups is 1. The Bertz CT molecular complexity index is 610. The maximum Gasteiger partial charge on any atom is 0.231 e. The molecule has 21 heavy (non-hydrogen) atoms. The maximum atomic E-state index is 12.6. The highest BCUT2D eigenvalue weighted by Crippen LogP contribution is 2.25. The normalized spacial score (nSPS) is 12.0. The standard InChI is InChI=1S/C18H20ClNO/c1-3-7-16(14-8-5-4-6-9-14)18(21)20-17-12-15(19)11-10-13(17)2/h4-6,8-12,16H,3,7H2,1-2H3,(H,20,21)/t16-/m0/s1. The molecule has 110 valence electrons. The monoisotopic (exact) mass is 301 g/mol. The summed E-state index contributed by atoms with van der Waals surface area (Å²) in [5.74, 6) is -0.108. The second-order valence-corrected chi connectivity index (χ2v) is 5.64. The van der Waals surface area contributed by atoms with Crippen LogP contribution in [0.5, 0.6) is 0 Å². The van der Waals surface area contributed by atoms with Crippen LogP contribution in [0.4, 0.5) is 5.69 Å². The van der Waals surface area contributed by atoms with Crippen molar-refractivity contribution in [2.75, 3.05) is 5.32 Å². The van der Waals surface area contributed by atoms with Crippen LogP contribution in [0, 0.1) is 6.92 Å². The number of halogens is 1. The van der Waals surface area contributed by atoms with Crippen molar-refractivity contribution in [2.45, 2.75) is 32.6 Å². The zero-order chi connectivity index (χ0) is 15.2. The van der Waals surface area contributed by atoms with Gasteiger partial charge in [0.25, 0.3) is 0 Å². The summed E-state index contributed by atoms with van der Waals surface area (Å²) in [4.78, 5) is 12.6. The lowest BCUT2D eigenvalue weighted by atomic mass is 9.93. The molecule has 0 heterocycles. The molecule has 0 aromatic heterocycles. The van der Waals surface area contributed by atoms with Gasteiger partial charge in [0.05, 0.1) is 5.92 Å². The van der Waals surface area contributed by atoms with Crippen LogP contribution in [0.15, 0.2) is 48.5 Å². The van der Waals surface area contributed by atoms with Gasteiger partial charge in [-0.2, -0.15) is 0 Å². The van der Waals surface area contributed by atoms with E-state index in [4.69, 9.17) is 11.6 Å². The molecule has 2 aromatic rings. The molecule has 0 bridgehead atoms. The zero-order valence-corrected chi connectivity index (χ0v) is 13.2. The van der Waals surface area contributed by atoms with Gasteiger partial charge < -0.3 is 5.32 Å². The minimum absolute atomic E-state index is 0.0217. The largest absolute Gasteiger partial charge is 0.325 e. The molecule has 3 heteroatoms. The second-order valence-electron chi connectivity index (χ2n) is 5.20. The lowest BCUT2D eigenvalue weighted by Crippen LogP contribution is -2.21. The second kappa shape index (κ2) is 7.28. The topological polar surface area (TPSA) is 29.1 Å². The van der Waals surface area contributed by atoms with Gasteiger partial charge >= 0.3 is 0 Å². The van der Waals surface area contributed by atoms with Gasteiger partial charge in [-0.05, 0) is 36.6 Å².